The molecule has 2 N–H and O–H groups in total. The van der Waals surface area contributed by atoms with Crippen LogP contribution in [0.15, 0.2) is 42.5 Å². The third kappa shape index (κ3) is 5.39. The first-order valence-electron chi connectivity index (χ1n) is 9.19. The van der Waals surface area contributed by atoms with Crippen LogP contribution in [-0.2, 0) is 16.1 Å². The van der Waals surface area contributed by atoms with Crippen LogP contribution in [0.2, 0.25) is 5.02 Å². The number of hydrogen-bond donors (Lipinski definition) is 2. The van der Waals surface area contributed by atoms with Crippen LogP contribution in [0, 0.1) is 0 Å². The van der Waals surface area contributed by atoms with Crippen LogP contribution in [0.3, 0.4) is 0 Å². The molecule has 1 heterocycles. The van der Waals surface area contributed by atoms with Gasteiger partial charge in [0.15, 0.2) is 11.5 Å². The van der Waals surface area contributed by atoms with Crippen molar-refractivity contribution in [3.8, 4) is 11.5 Å². The molecule has 0 radical (unpaired) electrons. The van der Waals surface area contributed by atoms with E-state index in [1.165, 1.54) is 6.92 Å². The minimum atomic E-state index is -0.383. The molecule has 3 rings (SSSR count). The lowest BCUT2D eigenvalue weighted by Crippen LogP contribution is -2.32. The lowest BCUT2D eigenvalue weighted by Gasteiger charge is -2.18. The van der Waals surface area contributed by atoms with Gasteiger partial charge in [0.05, 0.1) is 30.7 Å². The van der Waals surface area contributed by atoms with Crippen molar-refractivity contribution >= 4 is 23.4 Å². The van der Waals surface area contributed by atoms with Gasteiger partial charge in [0.2, 0.25) is 11.8 Å². The first-order chi connectivity index (χ1) is 13.5. The Balaban J connectivity index is 1.63. The molecule has 1 aliphatic heterocycles. The Bertz CT molecular complexity index is 842. The van der Waals surface area contributed by atoms with Gasteiger partial charge in [-0.3, -0.25) is 9.59 Å². The Hall–Kier alpha value is -2.73. The van der Waals surface area contributed by atoms with E-state index < -0.39 is 0 Å². The van der Waals surface area contributed by atoms with Gasteiger partial charge in [-0.2, -0.15) is 0 Å². The van der Waals surface area contributed by atoms with E-state index >= 15 is 0 Å². The van der Waals surface area contributed by atoms with Gasteiger partial charge in [0, 0.05) is 19.9 Å². The fourth-order valence-electron chi connectivity index (χ4n) is 3.03. The number of hydrogen-bond acceptors (Lipinski definition) is 4. The standard InChI is InChI=1S/C21H23ClN2O4/c1-14(25)24-18(16-6-3-2-4-7-16)12-20(26)23-13-15-10-17(22)21-19(11-15)27-8-5-9-28-21/h2-4,6-7,10-11,18H,5,8-9,12-13H2,1H3,(H,23,26)(H,24,25). The van der Waals surface area contributed by atoms with Crippen molar-refractivity contribution in [2.75, 3.05) is 13.2 Å². The Labute approximate surface area is 169 Å². The molecule has 0 fully saturated rings. The van der Waals surface area contributed by atoms with E-state index in [-0.39, 0.29) is 24.3 Å². The molecule has 28 heavy (non-hydrogen) atoms. The predicted octanol–water partition coefficient (Wildman–Crippen LogP) is 3.39. The van der Waals surface area contributed by atoms with Crippen LogP contribution in [0.25, 0.3) is 0 Å². The minimum absolute atomic E-state index is 0.141. The van der Waals surface area contributed by atoms with Gasteiger partial charge in [0.25, 0.3) is 0 Å². The lowest BCUT2D eigenvalue weighted by molar-refractivity contribution is -0.122. The van der Waals surface area contributed by atoms with Crippen molar-refractivity contribution in [1.29, 1.82) is 0 Å². The fourth-order valence-corrected chi connectivity index (χ4v) is 3.32. The Morgan fingerprint density at radius 1 is 1.14 bits per heavy atom. The van der Waals surface area contributed by atoms with Crippen LogP contribution >= 0.6 is 11.6 Å². The van der Waals surface area contributed by atoms with E-state index in [0.717, 1.165) is 17.5 Å². The fraction of sp³-hybridized carbons (Fsp3) is 0.333. The van der Waals surface area contributed by atoms with Crippen LogP contribution < -0.4 is 20.1 Å². The summed E-state index contributed by atoms with van der Waals surface area (Å²) < 4.78 is 11.3. The molecule has 2 aromatic carbocycles. The number of rotatable bonds is 6. The first-order valence-corrected chi connectivity index (χ1v) is 9.57. The average molecular weight is 403 g/mol. The zero-order valence-corrected chi connectivity index (χ0v) is 16.4. The number of halogens is 1. The highest BCUT2D eigenvalue weighted by atomic mass is 35.5. The second-order valence-corrected chi connectivity index (χ2v) is 7.01. The molecule has 0 saturated carbocycles. The molecule has 6 nitrogen and oxygen atoms in total. The third-order valence-corrected chi connectivity index (χ3v) is 4.60. The smallest absolute Gasteiger partial charge is 0.222 e. The van der Waals surface area contributed by atoms with Gasteiger partial charge in [-0.25, -0.2) is 0 Å². The molecule has 1 aliphatic rings. The molecule has 2 aromatic rings. The van der Waals surface area contributed by atoms with Crippen LogP contribution in [0.1, 0.15) is 36.9 Å². The summed E-state index contributed by atoms with van der Waals surface area (Å²) in [5, 5.41) is 6.16. The maximum absolute atomic E-state index is 12.5. The largest absolute Gasteiger partial charge is 0.489 e. The Morgan fingerprint density at radius 3 is 2.64 bits per heavy atom. The van der Waals surface area contributed by atoms with Gasteiger partial charge in [-0.15, -0.1) is 0 Å². The third-order valence-electron chi connectivity index (χ3n) is 4.32. The van der Waals surface area contributed by atoms with E-state index in [4.69, 9.17) is 21.1 Å². The SMILES string of the molecule is CC(=O)NC(CC(=O)NCc1cc(Cl)c2c(c1)OCCCO2)c1ccccc1. The van der Waals surface area contributed by atoms with Gasteiger partial charge in [0.1, 0.15) is 0 Å². The average Bonchev–Trinajstić information content (AvgIpc) is 2.92. The quantitative estimate of drug-likeness (QED) is 0.776. The second kappa shape index (κ2) is 9.46. The van der Waals surface area contributed by atoms with Crippen LogP contribution in [-0.4, -0.2) is 25.0 Å². The van der Waals surface area contributed by atoms with Gasteiger partial charge in [-0.05, 0) is 23.3 Å². The molecular formula is C21H23ClN2O4. The highest BCUT2D eigenvalue weighted by Gasteiger charge is 2.18. The van der Waals surface area contributed by atoms with Crippen molar-refractivity contribution < 1.29 is 19.1 Å². The summed E-state index contributed by atoms with van der Waals surface area (Å²) in [5.74, 6) is 0.779. The van der Waals surface area contributed by atoms with Crippen molar-refractivity contribution in [3.05, 3.63) is 58.6 Å². The molecule has 1 unspecified atom stereocenters. The summed E-state index contributed by atoms with van der Waals surface area (Å²) in [7, 11) is 0. The van der Waals surface area contributed by atoms with E-state index in [9.17, 15) is 9.59 Å². The minimum Gasteiger partial charge on any atom is -0.489 e. The Morgan fingerprint density at radius 2 is 1.89 bits per heavy atom. The lowest BCUT2D eigenvalue weighted by atomic mass is 10.0. The maximum Gasteiger partial charge on any atom is 0.222 e. The van der Waals surface area contributed by atoms with Gasteiger partial charge >= 0.3 is 0 Å². The molecular weight excluding hydrogens is 380 g/mol. The van der Waals surface area contributed by atoms with Gasteiger partial charge < -0.3 is 20.1 Å². The number of carbonyl (C=O) groups excluding carboxylic acids is 2. The van der Waals surface area contributed by atoms with Crippen LogP contribution in [0.4, 0.5) is 0 Å². The molecule has 148 valence electrons. The molecule has 0 saturated heterocycles. The van der Waals surface area contributed by atoms with Crippen molar-refractivity contribution in [3.63, 3.8) is 0 Å². The molecule has 0 aliphatic carbocycles. The monoisotopic (exact) mass is 402 g/mol. The Kier molecular flexibility index (Phi) is 6.76. The molecule has 7 heteroatoms. The summed E-state index contributed by atoms with van der Waals surface area (Å²) in [6.45, 7) is 2.87. The van der Waals surface area contributed by atoms with Gasteiger partial charge in [-0.1, -0.05) is 41.9 Å². The number of amides is 2. The first kappa shape index (κ1) is 20.0. The topological polar surface area (TPSA) is 76.7 Å². The number of nitrogens with one attached hydrogen (secondary N) is 2. The zero-order valence-electron chi connectivity index (χ0n) is 15.7. The highest BCUT2D eigenvalue weighted by Crippen LogP contribution is 2.37. The molecule has 1 atom stereocenters. The number of carbonyl (C=O) groups is 2. The molecule has 0 aromatic heterocycles. The predicted molar refractivity (Wildman–Crippen MR) is 107 cm³/mol. The molecule has 0 bridgehead atoms. The van der Waals surface area contributed by atoms with E-state index in [0.29, 0.717) is 36.3 Å². The number of ether oxygens (including phenoxy) is 2. The zero-order chi connectivity index (χ0) is 19.9. The van der Waals surface area contributed by atoms with Crippen molar-refractivity contribution in [1.82, 2.24) is 10.6 Å². The number of fused-ring (bicyclic) bond motifs is 1. The summed E-state index contributed by atoms with van der Waals surface area (Å²) in [5.41, 5.74) is 1.70. The molecule has 2 amide bonds. The van der Waals surface area contributed by atoms with Crippen molar-refractivity contribution in [2.45, 2.75) is 32.4 Å². The summed E-state index contributed by atoms with van der Waals surface area (Å²) in [4.78, 5) is 24.0. The summed E-state index contributed by atoms with van der Waals surface area (Å²) in [6.07, 6.45) is 0.934. The maximum atomic E-state index is 12.5. The van der Waals surface area contributed by atoms with Crippen molar-refractivity contribution in [2.24, 2.45) is 0 Å². The molecule has 0 spiro atoms. The van der Waals surface area contributed by atoms with E-state index in [1.807, 2.05) is 36.4 Å². The number of benzene rings is 2. The summed E-state index contributed by atoms with van der Waals surface area (Å²) >= 11 is 6.29. The summed E-state index contributed by atoms with van der Waals surface area (Å²) in [6, 6.07) is 12.6. The van der Waals surface area contributed by atoms with E-state index in [2.05, 4.69) is 10.6 Å². The second-order valence-electron chi connectivity index (χ2n) is 6.60. The normalized spacial score (nSPS) is 13.9. The van der Waals surface area contributed by atoms with E-state index in [1.54, 1.807) is 6.07 Å². The highest BCUT2D eigenvalue weighted by molar-refractivity contribution is 6.32. The van der Waals surface area contributed by atoms with Crippen LogP contribution in [0.5, 0.6) is 11.5 Å².